The molecule has 0 radical (unpaired) electrons. The summed E-state index contributed by atoms with van der Waals surface area (Å²) in [4.78, 5) is 5.31. The van der Waals surface area contributed by atoms with E-state index in [0.29, 0.717) is 4.73 Å². The monoisotopic (exact) mass is 354 g/mol. The van der Waals surface area contributed by atoms with Crippen molar-refractivity contribution in [3.05, 3.63) is 57.8 Å². The molecule has 128 valence electrons. The Kier molecular flexibility index (Phi) is 4.84. The molecule has 1 aromatic carbocycles. The third kappa shape index (κ3) is 3.86. The number of phenolic OH excluding ortho intramolecular Hbond substituents is 1. The Morgan fingerprint density at radius 2 is 1.96 bits per heavy atom. The Labute approximate surface area is 143 Å². The lowest BCUT2D eigenvalue weighted by molar-refractivity contribution is -0.607. The first-order chi connectivity index (χ1) is 11.1. The summed E-state index contributed by atoms with van der Waals surface area (Å²) in [6.07, 6.45) is 1.14. The van der Waals surface area contributed by atoms with Crippen LogP contribution in [0.15, 0.2) is 35.6 Å². The Balaban J connectivity index is 2.72. The Bertz CT molecular complexity index is 783. The molecule has 0 fully saturated rings. The average Bonchev–Trinajstić information content (AvgIpc) is 2.45. The first-order valence-corrected chi connectivity index (χ1v) is 7.34. The molecule has 0 aliphatic rings. The highest BCUT2D eigenvalue weighted by Gasteiger charge is 2.27. The summed E-state index contributed by atoms with van der Waals surface area (Å²) in [5.74, 6) is -1.72. The first-order valence-electron chi connectivity index (χ1n) is 6.96. The first kappa shape index (κ1) is 17.8. The maximum absolute atomic E-state index is 13.5. The molecule has 0 unspecified atom stereocenters. The van der Waals surface area contributed by atoms with Gasteiger partial charge in [0.05, 0.1) is 10.6 Å². The van der Waals surface area contributed by atoms with Gasteiger partial charge in [0.2, 0.25) is 0 Å². The summed E-state index contributed by atoms with van der Waals surface area (Å²) < 4.78 is 13.8. The van der Waals surface area contributed by atoms with Crippen molar-refractivity contribution in [2.24, 2.45) is 5.16 Å². The molecule has 0 saturated heterocycles. The topological polar surface area (TPSA) is 89.0 Å². The lowest BCUT2D eigenvalue weighted by Crippen LogP contribution is -2.35. The van der Waals surface area contributed by atoms with Crippen LogP contribution >= 0.6 is 11.6 Å². The molecular weight excluding hydrogens is 339 g/mol. The molecule has 2 rings (SSSR count). The van der Waals surface area contributed by atoms with E-state index in [4.69, 9.17) is 16.4 Å². The molecule has 0 amide bonds. The highest BCUT2D eigenvalue weighted by molar-refractivity contribution is 6.31. The van der Waals surface area contributed by atoms with Crippen molar-refractivity contribution in [1.29, 1.82) is 0 Å². The van der Waals surface area contributed by atoms with Gasteiger partial charge in [-0.1, -0.05) is 16.8 Å². The third-order valence-electron chi connectivity index (χ3n) is 2.87. The highest BCUT2D eigenvalue weighted by atomic mass is 35.5. The summed E-state index contributed by atoms with van der Waals surface area (Å²) in [5, 5.41) is 35.7. The van der Waals surface area contributed by atoms with Crippen molar-refractivity contribution in [3.8, 4) is 11.5 Å². The van der Waals surface area contributed by atoms with Gasteiger partial charge in [0, 0.05) is 12.1 Å². The predicted molar refractivity (Wildman–Crippen MR) is 86.6 cm³/mol. The van der Waals surface area contributed by atoms with E-state index in [9.17, 15) is 19.8 Å². The van der Waals surface area contributed by atoms with Crippen LogP contribution in [0.25, 0.3) is 0 Å². The van der Waals surface area contributed by atoms with Gasteiger partial charge in [-0.15, -0.1) is 0 Å². The summed E-state index contributed by atoms with van der Waals surface area (Å²) in [6.45, 7) is 5.17. The zero-order chi connectivity index (χ0) is 18.1. The van der Waals surface area contributed by atoms with Gasteiger partial charge in [-0.2, -0.15) is 4.73 Å². The van der Waals surface area contributed by atoms with Crippen LogP contribution in [0.3, 0.4) is 0 Å². The van der Waals surface area contributed by atoms with Crippen LogP contribution in [0, 0.1) is 11.0 Å². The van der Waals surface area contributed by atoms with Crippen LogP contribution in [-0.2, 0) is 4.84 Å². The van der Waals surface area contributed by atoms with Crippen molar-refractivity contribution >= 4 is 17.3 Å². The van der Waals surface area contributed by atoms with E-state index in [0.717, 1.165) is 18.3 Å². The van der Waals surface area contributed by atoms with Gasteiger partial charge < -0.3 is 20.3 Å². The summed E-state index contributed by atoms with van der Waals surface area (Å²) in [5.41, 5.74) is -1.21. The van der Waals surface area contributed by atoms with Crippen molar-refractivity contribution in [1.82, 2.24) is 0 Å². The van der Waals surface area contributed by atoms with Gasteiger partial charge in [0.1, 0.15) is 17.2 Å². The number of rotatable bonds is 3. The predicted octanol–water partition coefficient (Wildman–Crippen LogP) is 3.09. The third-order valence-corrected chi connectivity index (χ3v) is 3.16. The minimum atomic E-state index is -0.832. The molecule has 1 heterocycles. The summed E-state index contributed by atoms with van der Waals surface area (Å²) >= 11 is 5.76. The fraction of sp³-hybridized carbons (Fsp3) is 0.250. The standard InChI is InChI=1S/C16H16ClFN2O4/c1-16(2,3)24-19-14(15-12(21)5-4-6-20(15)23)9-7-10(17)11(18)8-13(9)22/h4-8,21-22H,1-3H3. The SMILES string of the molecule is CC(C)(C)ON=C(c1cc(Cl)c(F)cc1O)c1c(O)ccc[n+]1[O-]. The molecule has 8 heteroatoms. The molecular formula is C16H16ClFN2O4. The normalized spacial score (nSPS) is 12.3. The number of benzene rings is 1. The molecule has 24 heavy (non-hydrogen) atoms. The molecule has 6 nitrogen and oxygen atoms in total. The fourth-order valence-electron chi connectivity index (χ4n) is 1.83. The number of halogens is 2. The van der Waals surface area contributed by atoms with Gasteiger partial charge in [-0.25, -0.2) is 4.39 Å². The molecule has 2 aromatic rings. The van der Waals surface area contributed by atoms with Crippen LogP contribution in [0.4, 0.5) is 4.39 Å². The second-order valence-corrected chi connectivity index (χ2v) is 6.40. The second-order valence-electron chi connectivity index (χ2n) is 5.99. The lowest BCUT2D eigenvalue weighted by Gasteiger charge is -2.17. The van der Waals surface area contributed by atoms with Crippen LogP contribution < -0.4 is 4.73 Å². The van der Waals surface area contributed by atoms with Crippen molar-refractivity contribution < 1.29 is 24.2 Å². The molecule has 0 aliphatic carbocycles. The van der Waals surface area contributed by atoms with Gasteiger partial charge in [-0.3, -0.25) is 0 Å². The van der Waals surface area contributed by atoms with Gasteiger partial charge in [0.25, 0.3) is 5.69 Å². The van der Waals surface area contributed by atoms with Crippen LogP contribution in [-0.4, -0.2) is 21.5 Å². The summed E-state index contributed by atoms with van der Waals surface area (Å²) in [7, 11) is 0. The maximum Gasteiger partial charge on any atom is 0.288 e. The number of oxime groups is 1. The molecule has 0 spiro atoms. The van der Waals surface area contributed by atoms with Gasteiger partial charge in [0.15, 0.2) is 17.7 Å². The molecule has 0 atom stereocenters. The van der Waals surface area contributed by atoms with Crippen molar-refractivity contribution in [2.75, 3.05) is 0 Å². The van der Waals surface area contributed by atoms with E-state index in [1.807, 2.05) is 0 Å². The average molecular weight is 355 g/mol. The summed E-state index contributed by atoms with van der Waals surface area (Å²) in [6, 6.07) is 4.51. The van der Waals surface area contributed by atoms with Crippen molar-refractivity contribution in [3.63, 3.8) is 0 Å². The second kappa shape index (κ2) is 6.52. The van der Waals surface area contributed by atoms with E-state index in [1.54, 1.807) is 20.8 Å². The zero-order valence-corrected chi connectivity index (χ0v) is 14.0. The molecule has 2 N–H and O–H groups in total. The number of pyridine rings is 1. The lowest BCUT2D eigenvalue weighted by atomic mass is 10.0. The van der Waals surface area contributed by atoms with Crippen LogP contribution in [0.5, 0.6) is 11.5 Å². The minimum Gasteiger partial charge on any atom is -0.618 e. The maximum atomic E-state index is 13.5. The van der Waals surface area contributed by atoms with E-state index in [1.165, 1.54) is 12.1 Å². The Hall–Kier alpha value is -2.54. The number of phenols is 1. The number of hydrogen-bond donors (Lipinski definition) is 2. The molecule has 0 aliphatic heterocycles. The highest BCUT2D eigenvalue weighted by Crippen LogP contribution is 2.29. The minimum absolute atomic E-state index is 0.0586. The van der Waals surface area contributed by atoms with Crippen molar-refractivity contribution in [2.45, 2.75) is 26.4 Å². The quantitative estimate of drug-likeness (QED) is 0.383. The molecule has 1 aromatic heterocycles. The number of nitrogens with zero attached hydrogens (tertiary/aromatic N) is 2. The van der Waals surface area contributed by atoms with Gasteiger partial charge >= 0.3 is 0 Å². The number of aromatic hydroxyl groups is 2. The van der Waals surface area contributed by atoms with E-state index >= 15 is 0 Å². The molecule has 0 bridgehead atoms. The fourth-order valence-corrected chi connectivity index (χ4v) is 2.00. The Morgan fingerprint density at radius 3 is 2.54 bits per heavy atom. The number of hydrogen-bond acceptors (Lipinski definition) is 5. The Morgan fingerprint density at radius 1 is 1.29 bits per heavy atom. The van der Waals surface area contributed by atoms with Crippen LogP contribution in [0.2, 0.25) is 5.02 Å². The molecule has 0 saturated carbocycles. The number of aromatic nitrogens is 1. The van der Waals surface area contributed by atoms with Crippen LogP contribution in [0.1, 0.15) is 32.0 Å². The largest absolute Gasteiger partial charge is 0.618 e. The smallest absolute Gasteiger partial charge is 0.288 e. The van der Waals surface area contributed by atoms with E-state index < -0.39 is 17.2 Å². The van der Waals surface area contributed by atoms with E-state index in [-0.39, 0.29) is 27.7 Å². The van der Waals surface area contributed by atoms with Gasteiger partial charge in [-0.05, 0) is 32.9 Å². The zero-order valence-electron chi connectivity index (χ0n) is 13.2. The van der Waals surface area contributed by atoms with E-state index in [2.05, 4.69) is 5.16 Å².